The molecule has 1 amide bonds. The van der Waals surface area contributed by atoms with Crippen LogP contribution in [0.2, 0.25) is 0 Å². The van der Waals surface area contributed by atoms with Gasteiger partial charge in [0.15, 0.2) is 0 Å². The molecule has 19 heavy (non-hydrogen) atoms. The molecule has 4 nitrogen and oxygen atoms in total. The molecule has 1 aromatic heterocycles. The van der Waals surface area contributed by atoms with Gasteiger partial charge in [0.2, 0.25) is 0 Å². The number of hydrogen-bond acceptors (Lipinski definition) is 3. The number of carbonyl (C=O) groups excluding carboxylic acids is 1. The fourth-order valence-corrected chi connectivity index (χ4v) is 2.00. The summed E-state index contributed by atoms with van der Waals surface area (Å²) in [6.07, 6.45) is 1.59. The number of rotatable bonds is 4. The predicted octanol–water partition coefficient (Wildman–Crippen LogP) is 2.78. The summed E-state index contributed by atoms with van der Waals surface area (Å²) in [7, 11) is 1.62. The Balaban J connectivity index is 1.98. The highest BCUT2D eigenvalue weighted by Gasteiger charge is 2.10. The number of pyridine rings is 1. The summed E-state index contributed by atoms with van der Waals surface area (Å²) in [6.45, 7) is 0.450. The van der Waals surface area contributed by atoms with Crippen molar-refractivity contribution in [3.05, 3.63) is 58.3 Å². The number of methoxy groups -OCH3 is 1. The van der Waals surface area contributed by atoms with Crippen LogP contribution in [0.25, 0.3) is 0 Å². The van der Waals surface area contributed by atoms with Gasteiger partial charge in [0.1, 0.15) is 11.4 Å². The van der Waals surface area contributed by atoms with Gasteiger partial charge < -0.3 is 10.1 Å². The molecule has 0 bridgehead atoms. The van der Waals surface area contributed by atoms with Crippen LogP contribution in [-0.4, -0.2) is 18.0 Å². The number of ether oxygens (including phenoxy) is 1. The minimum absolute atomic E-state index is 0.205. The molecule has 2 aromatic rings. The maximum absolute atomic E-state index is 11.9. The zero-order chi connectivity index (χ0) is 13.7. The number of aromatic nitrogens is 1. The Bertz CT molecular complexity index is 570. The van der Waals surface area contributed by atoms with E-state index < -0.39 is 0 Å². The molecule has 0 radical (unpaired) electrons. The van der Waals surface area contributed by atoms with E-state index in [4.69, 9.17) is 4.74 Å². The van der Waals surface area contributed by atoms with E-state index in [2.05, 4.69) is 26.2 Å². The molecule has 0 saturated carbocycles. The van der Waals surface area contributed by atoms with Crippen LogP contribution < -0.4 is 10.1 Å². The van der Waals surface area contributed by atoms with Gasteiger partial charge >= 0.3 is 0 Å². The van der Waals surface area contributed by atoms with E-state index in [0.717, 1.165) is 11.3 Å². The monoisotopic (exact) mass is 320 g/mol. The van der Waals surface area contributed by atoms with Crippen molar-refractivity contribution in [2.75, 3.05) is 7.11 Å². The molecular formula is C14H13BrN2O2. The number of benzene rings is 1. The number of nitrogens with zero attached hydrogens (tertiary/aromatic N) is 1. The normalized spacial score (nSPS) is 10.0. The Morgan fingerprint density at radius 3 is 2.68 bits per heavy atom. The first kappa shape index (κ1) is 13.5. The van der Waals surface area contributed by atoms with Crippen LogP contribution in [-0.2, 0) is 6.54 Å². The molecule has 0 unspecified atom stereocenters. The summed E-state index contributed by atoms with van der Waals surface area (Å²) in [5.41, 5.74) is 1.39. The molecular weight excluding hydrogens is 308 g/mol. The van der Waals surface area contributed by atoms with Crippen LogP contribution in [0.15, 0.2) is 47.1 Å². The van der Waals surface area contributed by atoms with E-state index in [1.807, 2.05) is 24.3 Å². The summed E-state index contributed by atoms with van der Waals surface area (Å²) in [4.78, 5) is 16.0. The van der Waals surface area contributed by atoms with Gasteiger partial charge in [0.05, 0.1) is 7.11 Å². The first-order chi connectivity index (χ1) is 9.20. The van der Waals surface area contributed by atoms with E-state index in [-0.39, 0.29) is 5.91 Å². The van der Waals surface area contributed by atoms with Crippen molar-refractivity contribution < 1.29 is 9.53 Å². The quantitative estimate of drug-likeness (QED) is 0.942. The van der Waals surface area contributed by atoms with Gasteiger partial charge in [-0.25, -0.2) is 4.98 Å². The topological polar surface area (TPSA) is 51.2 Å². The maximum Gasteiger partial charge on any atom is 0.271 e. The predicted molar refractivity (Wildman–Crippen MR) is 76.1 cm³/mol. The van der Waals surface area contributed by atoms with Gasteiger partial charge in [0.25, 0.3) is 5.91 Å². The van der Waals surface area contributed by atoms with Crippen LogP contribution in [0.4, 0.5) is 0 Å². The Kier molecular flexibility index (Phi) is 4.52. The number of hydrogen-bond donors (Lipinski definition) is 1. The lowest BCUT2D eigenvalue weighted by molar-refractivity contribution is 0.0945. The van der Waals surface area contributed by atoms with E-state index in [1.54, 1.807) is 25.4 Å². The Hall–Kier alpha value is -1.88. The van der Waals surface area contributed by atoms with E-state index in [1.165, 1.54) is 0 Å². The van der Waals surface area contributed by atoms with Crippen molar-refractivity contribution in [2.45, 2.75) is 6.54 Å². The van der Waals surface area contributed by atoms with E-state index in [9.17, 15) is 4.79 Å². The molecule has 0 atom stereocenters. The average Bonchev–Trinajstić information content (AvgIpc) is 2.46. The molecule has 1 N–H and O–H groups in total. The number of carbonyl (C=O) groups is 1. The second kappa shape index (κ2) is 6.33. The fourth-order valence-electron chi connectivity index (χ4n) is 1.56. The zero-order valence-electron chi connectivity index (χ0n) is 10.4. The standard InChI is InChI=1S/C14H13BrN2O2/c1-19-11-6-4-10(5-7-11)9-17-14(18)13-12(15)3-2-8-16-13/h2-8H,9H2,1H3,(H,17,18). The first-order valence-electron chi connectivity index (χ1n) is 5.72. The summed E-state index contributed by atoms with van der Waals surface area (Å²) >= 11 is 3.30. The van der Waals surface area contributed by atoms with Crippen LogP contribution >= 0.6 is 15.9 Å². The van der Waals surface area contributed by atoms with Crippen LogP contribution in [0.3, 0.4) is 0 Å². The fraction of sp³-hybridized carbons (Fsp3) is 0.143. The third kappa shape index (κ3) is 3.54. The highest BCUT2D eigenvalue weighted by Crippen LogP contribution is 2.14. The van der Waals surface area contributed by atoms with Crippen LogP contribution in [0, 0.1) is 0 Å². The molecule has 2 rings (SSSR count). The average molecular weight is 321 g/mol. The minimum atomic E-state index is -0.205. The lowest BCUT2D eigenvalue weighted by Gasteiger charge is -2.06. The van der Waals surface area contributed by atoms with Crippen molar-refractivity contribution >= 4 is 21.8 Å². The largest absolute Gasteiger partial charge is 0.497 e. The highest BCUT2D eigenvalue weighted by molar-refractivity contribution is 9.10. The molecule has 0 fully saturated rings. The minimum Gasteiger partial charge on any atom is -0.497 e. The Morgan fingerprint density at radius 1 is 1.32 bits per heavy atom. The first-order valence-corrected chi connectivity index (χ1v) is 6.51. The smallest absolute Gasteiger partial charge is 0.271 e. The van der Waals surface area contributed by atoms with Crippen LogP contribution in [0.5, 0.6) is 5.75 Å². The molecule has 98 valence electrons. The van der Waals surface area contributed by atoms with Crippen molar-refractivity contribution in [3.63, 3.8) is 0 Å². The number of nitrogens with one attached hydrogen (secondary N) is 1. The number of halogens is 1. The van der Waals surface area contributed by atoms with Gasteiger partial charge in [-0.15, -0.1) is 0 Å². The third-order valence-electron chi connectivity index (χ3n) is 2.59. The summed E-state index contributed by atoms with van der Waals surface area (Å²) in [5, 5.41) is 2.82. The maximum atomic E-state index is 11.9. The molecule has 1 aromatic carbocycles. The molecule has 1 heterocycles. The van der Waals surface area contributed by atoms with Crippen molar-refractivity contribution in [1.29, 1.82) is 0 Å². The molecule has 0 aliphatic heterocycles. The van der Waals surface area contributed by atoms with Crippen molar-refractivity contribution in [2.24, 2.45) is 0 Å². The molecule has 5 heteroatoms. The van der Waals surface area contributed by atoms with E-state index >= 15 is 0 Å². The number of amides is 1. The highest BCUT2D eigenvalue weighted by atomic mass is 79.9. The summed E-state index contributed by atoms with van der Waals surface area (Å²) < 4.78 is 5.76. The SMILES string of the molecule is COc1ccc(CNC(=O)c2ncccc2Br)cc1. The van der Waals surface area contributed by atoms with Crippen molar-refractivity contribution in [3.8, 4) is 5.75 Å². The summed E-state index contributed by atoms with van der Waals surface area (Å²) in [5.74, 6) is 0.589. The lowest BCUT2D eigenvalue weighted by Crippen LogP contribution is -2.24. The molecule has 0 saturated heterocycles. The van der Waals surface area contributed by atoms with E-state index in [0.29, 0.717) is 16.7 Å². The Morgan fingerprint density at radius 2 is 2.05 bits per heavy atom. The molecule has 0 aliphatic rings. The zero-order valence-corrected chi connectivity index (χ0v) is 12.0. The van der Waals surface area contributed by atoms with Gasteiger partial charge in [0, 0.05) is 17.2 Å². The van der Waals surface area contributed by atoms with Gasteiger partial charge in [-0.2, -0.15) is 0 Å². The second-order valence-corrected chi connectivity index (χ2v) is 4.72. The molecule has 0 aliphatic carbocycles. The van der Waals surface area contributed by atoms with Crippen LogP contribution in [0.1, 0.15) is 16.1 Å². The second-order valence-electron chi connectivity index (χ2n) is 3.86. The van der Waals surface area contributed by atoms with Gasteiger partial charge in [-0.3, -0.25) is 4.79 Å². The van der Waals surface area contributed by atoms with Gasteiger partial charge in [-0.05, 0) is 45.8 Å². The van der Waals surface area contributed by atoms with Gasteiger partial charge in [-0.1, -0.05) is 12.1 Å². The Labute approximate surface area is 119 Å². The lowest BCUT2D eigenvalue weighted by atomic mass is 10.2. The molecule has 0 spiro atoms. The van der Waals surface area contributed by atoms with Crippen molar-refractivity contribution in [1.82, 2.24) is 10.3 Å². The third-order valence-corrected chi connectivity index (χ3v) is 3.23. The summed E-state index contributed by atoms with van der Waals surface area (Å²) in [6, 6.07) is 11.1.